The van der Waals surface area contributed by atoms with Crippen LogP contribution in [0.5, 0.6) is 0 Å². The van der Waals surface area contributed by atoms with Crippen LogP contribution in [0, 0.1) is 12.7 Å². The molecule has 0 bridgehead atoms. The Balaban J connectivity index is 1.67. The molecule has 0 saturated heterocycles. The first-order chi connectivity index (χ1) is 17.2. The average molecular weight is 504 g/mol. The third-order valence-electron chi connectivity index (χ3n) is 7.19. The monoisotopic (exact) mass is 503 g/mol. The molecular weight excluding hydrogens is 470 g/mol. The van der Waals surface area contributed by atoms with E-state index in [9.17, 15) is 18.0 Å². The predicted molar refractivity (Wildman–Crippen MR) is 131 cm³/mol. The summed E-state index contributed by atoms with van der Waals surface area (Å²) in [5.74, 6) is -2.14. The SMILES string of the molecule is CCc1ccc(F)cc1CN(C(=O)C1=C(F)N(C)N(Cc2cc(C)ccc2CC)C1C(F)F)C1CC1. The van der Waals surface area contributed by atoms with Gasteiger partial charge in [0.1, 0.15) is 11.9 Å². The number of hydrogen-bond acceptors (Lipinski definition) is 3. The molecule has 2 aromatic rings. The van der Waals surface area contributed by atoms with E-state index in [1.165, 1.54) is 29.1 Å². The van der Waals surface area contributed by atoms with Gasteiger partial charge in [-0.1, -0.05) is 43.7 Å². The first kappa shape index (κ1) is 26.2. The van der Waals surface area contributed by atoms with E-state index in [-0.39, 0.29) is 19.1 Å². The molecule has 4 nitrogen and oxygen atoms in total. The van der Waals surface area contributed by atoms with Crippen molar-refractivity contribution in [3.63, 3.8) is 0 Å². The molecule has 0 spiro atoms. The highest BCUT2D eigenvalue weighted by Crippen LogP contribution is 2.38. The summed E-state index contributed by atoms with van der Waals surface area (Å²) in [6.07, 6.45) is -0.224. The zero-order chi connectivity index (χ0) is 26.1. The van der Waals surface area contributed by atoms with Gasteiger partial charge in [0, 0.05) is 26.2 Å². The minimum atomic E-state index is -2.98. The molecule has 1 fully saturated rings. The Bertz CT molecular complexity index is 1160. The first-order valence-electron chi connectivity index (χ1n) is 12.5. The maximum absolute atomic E-state index is 15.6. The van der Waals surface area contributed by atoms with Crippen LogP contribution >= 0.6 is 0 Å². The lowest BCUT2D eigenvalue weighted by Gasteiger charge is -2.32. The molecule has 1 heterocycles. The topological polar surface area (TPSA) is 26.8 Å². The number of hydrazine groups is 1. The molecule has 2 aromatic carbocycles. The van der Waals surface area contributed by atoms with Crippen LogP contribution in [-0.4, -0.2) is 46.4 Å². The number of carbonyl (C=O) groups is 1. The first-order valence-corrected chi connectivity index (χ1v) is 12.5. The lowest BCUT2D eigenvalue weighted by Crippen LogP contribution is -2.46. The number of alkyl halides is 2. The maximum atomic E-state index is 15.6. The minimum Gasteiger partial charge on any atom is -0.331 e. The molecular formula is C28H33F4N3O. The van der Waals surface area contributed by atoms with E-state index in [1.54, 1.807) is 6.07 Å². The average Bonchev–Trinajstić information content (AvgIpc) is 3.65. The lowest BCUT2D eigenvalue weighted by atomic mass is 10.0. The maximum Gasteiger partial charge on any atom is 0.260 e. The summed E-state index contributed by atoms with van der Waals surface area (Å²) in [4.78, 5) is 15.2. The summed E-state index contributed by atoms with van der Waals surface area (Å²) < 4.78 is 58.6. The van der Waals surface area contributed by atoms with Crippen LogP contribution < -0.4 is 0 Å². The Morgan fingerprint density at radius 2 is 1.64 bits per heavy atom. The van der Waals surface area contributed by atoms with Crippen molar-refractivity contribution in [3.05, 3.63) is 81.6 Å². The number of benzene rings is 2. The second-order valence-electron chi connectivity index (χ2n) is 9.66. The molecule has 1 aliphatic carbocycles. The van der Waals surface area contributed by atoms with Crippen molar-refractivity contribution in [1.82, 2.24) is 14.9 Å². The Hall–Kier alpha value is -2.87. The molecule has 2 aliphatic rings. The van der Waals surface area contributed by atoms with Crippen LogP contribution in [0.2, 0.25) is 0 Å². The van der Waals surface area contributed by atoms with Gasteiger partial charge in [0.15, 0.2) is 0 Å². The van der Waals surface area contributed by atoms with Crippen LogP contribution in [0.25, 0.3) is 0 Å². The molecule has 1 amide bonds. The Kier molecular flexibility index (Phi) is 7.73. The Labute approximate surface area is 210 Å². The van der Waals surface area contributed by atoms with Gasteiger partial charge in [-0.3, -0.25) is 9.80 Å². The summed E-state index contributed by atoms with van der Waals surface area (Å²) in [5, 5.41) is 2.28. The van der Waals surface area contributed by atoms with Crippen LogP contribution in [0.1, 0.15) is 54.5 Å². The second kappa shape index (κ2) is 10.6. The van der Waals surface area contributed by atoms with Gasteiger partial charge in [-0.2, -0.15) is 4.39 Å². The number of hydrogen-bond donors (Lipinski definition) is 0. The summed E-state index contributed by atoms with van der Waals surface area (Å²) in [6.45, 7) is 5.92. The van der Waals surface area contributed by atoms with Crippen LogP contribution in [-0.2, 0) is 30.7 Å². The van der Waals surface area contributed by atoms with Gasteiger partial charge >= 0.3 is 0 Å². The van der Waals surface area contributed by atoms with Gasteiger partial charge in [-0.25, -0.2) is 18.2 Å². The van der Waals surface area contributed by atoms with Crippen molar-refractivity contribution in [3.8, 4) is 0 Å². The van der Waals surface area contributed by atoms with Gasteiger partial charge < -0.3 is 4.90 Å². The Morgan fingerprint density at radius 1 is 1.00 bits per heavy atom. The third kappa shape index (κ3) is 5.14. The van der Waals surface area contributed by atoms with Crippen molar-refractivity contribution in [2.24, 2.45) is 0 Å². The Morgan fingerprint density at radius 3 is 2.25 bits per heavy atom. The van der Waals surface area contributed by atoms with Crippen molar-refractivity contribution >= 4 is 5.91 Å². The summed E-state index contributed by atoms with van der Waals surface area (Å²) in [6, 6.07) is 8.33. The molecule has 1 saturated carbocycles. The standard InChI is InChI=1S/C28H33F4N3O/c1-5-18-8-7-17(3)13-20(18)16-35-25(26(30)31)24(27(32)33(35)4)28(36)34(23-11-12-23)15-21-14-22(29)10-9-19(21)6-2/h7-10,13-14,23,25-26H,5-6,11-12,15-16H2,1-4H3. The highest BCUT2D eigenvalue weighted by molar-refractivity contribution is 5.96. The van der Waals surface area contributed by atoms with E-state index in [1.807, 2.05) is 39.0 Å². The van der Waals surface area contributed by atoms with Crippen molar-refractivity contribution in [2.75, 3.05) is 7.05 Å². The smallest absolute Gasteiger partial charge is 0.260 e. The summed E-state index contributed by atoms with van der Waals surface area (Å²) >= 11 is 0. The quantitative estimate of drug-likeness (QED) is 0.314. The zero-order valence-corrected chi connectivity index (χ0v) is 21.2. The van der Waals surface area contributed by atoms with Crippen LogP contribution in [0.15, 0.2) is 47.9 Å². The van der Waals surface area contributed by atoms with Gasteiger partial charge in [-0.15, -0.1) is 0 Å². The third-order valence-corrected chi connectivity index (χ3v) is 7.19. The van der Waals surface area contributed by atoms with E-state index in [4.69, 9.17) is 0 Å². The lowest BCUT2D eigenvalue weighted by molar-refractivity contribution is -0.130. The number of nitrogens with zero attached hydrogens (tertiary/aromatic N) is 3. The number of carbonyl (C=O) groups excluding carboxylic acids is 1. The highest BCUT2D eigenvalue weighted by Gasteiger charge is 2.49. The molecule has 1 aliphatic heterocycles. The van der Waals surface area contributed by atoms with E-state index in [2.05, 4.69) is 0 Å². The summed E-state index contributed by atoms with van der Waals surface area (Å²) in [5.41, 5.74) is 3.74. The van der Waals surface area contributed by atoms with Crippen LogP contribution in [0.3, 0.4) is 0 Å². The molecule has 0 aromatic heterocycles. The molecule has 1 unspecified atom stereocenters. The normalized spacial score (nSPS) is 18.5. The minimum absolute atomic E-state index is 0.0495. The van der Waals surface area contributed by atoms with Gasteiger partial charge in [0.2, 0.25) is 5.95 Å². The van der Waals surface area contributed by atoms with Crippen molar-refractivity contribution in [1.29, 1.82) is 0 Å². The zero-order valence-electron chi connectivity index (χ0n) is 21.2. The molecule has 36 heavy (non-hydrogen) atoms. The van der Waals surface area contributed by atoms with E-state index in [0.717, 1.165) is 27.3 Å². The molecule has 0 N–H and O–H groups in total. The summed E-state index contributed by atoms with van der Waals surface area (Å²) in [7, 11) is 1.37. The van der Waals surface area contributed by atoms with Gasteiger partial charge in [0.05, 0.1) is 5.57 Å². The molecule has 0 radical (unpaired) electrons. The fourth-order valence-corrected chi connectivity index (χ4v) is 5.02. The molecule has 1 atom stereocenters. The highest BCUT2D eigenvalue weighted by atomic mass is 19.3. The molecule has 8 heteroatoms. The van der Waals surface area contributed by atoms with Gasteiger partial charge in [0.25, 0.3) is 12.3 Å². The van der Waals surface area contributed by atoms with Crippen molar-refractivity contribution in [2.45, 2.75) is 78.1 Å². The largest absolute Gasteiger partial charge is 0.331 e. The van der Waals surface area contributed by atoms with E-state index < -0.39 is 35.7 Å². The van der Waals surface area contributed by atoms with E-state index in [0.29, 0.717) is 31.2 Å². The fourth-order valence-electron chi connectivity index (χ4n) is 5.02. The number of amides is 1. The predicted octanol–water partition coefficient (Wildman–Crippen LogP) is 5.93. The molecule has 194 valence electrons. The fraction of sp³-hybridized carbons (Fsp3) is 0.464. The second-order valence-corrected chi connectivity index (χ2v) is 9.66. The molecule has 4 rings (SSSR count). The number of rotatable bonds is 9. The van der Waals surface area contributed by atoms with Gasteiger partial charge in [-0.05, 0) is 67.0 Å². The number of halogens is 4. The number of aryl methyl sites for hydroxylation is 3. The van der Waals surface area contributed by atoms with E-state index >= 15 is 4.39 Å². The van der Waals surface area contributed by atoms with Crippen LogP contribution in [0.4, 0.5) is 17.6 Å². The van der Waals surface area contributed by atoms with Crippen molar-refractivity contribution < 1.29 is 22.4 Å².